The van der Waals surface area contributed by atoms with Crippen molar-refractivity contribution in [2.24, 2.45) is 35.5 Å². The van der Waals surface area contributed by atoms with Gasteiger partial charge in [0.15, 0.2) is 5.78 Å². The standard InChI is InChI=1S/C65H95NO13/c1-14-15-16-22-31-77-54-29-27-49(37-56(54)74-11)36-44(6)55-39-53(67)43(5)35-47(9)60(69)61(76-13)59(68)46(8)32-40(2)23-18-17-19-24-42(4)51(58-45(7)33-41(3)34-57(58)75-12)38-50-28-26-48(10)65(73,79-50)62(70)63(71)66-30-21-20-25-52(66)64(72)78-55/h1,17-19,23-24,33-35,40,43-44,46,48-52,54-56,60-61,69,73H,15-16,20-22,25-32,36-39H2,2-13H3/b19-17+,23-18+,42-24+,47-35+/t40-,43-,44-,46-,48-,49+,50+,51?,52+,54-,55+,56-,60-,61+,65-/m1/s1. The summed E-state index contributed by atoms with van der Waals surface area (Å²) in [7, 11) is 4.72. The van der Waals surface area contributed by atoms with Crippen molar-refractivity contribution in [3.63, 3.8) is 0 Å². The molecule has 14 heteroatoms. The number of aliphatic hydroxyl groups excluding tert-OH is 1. The van der Waals surface area contributed by atoms with Crippen LogP contribution in [0.5, 0.6) is 5.75 Å². The van der Waals surface area contributed by atoms with E-state index in [0.29, 0.717) is 75.7 Å². The molecule has 0 aromatic heterocycles. The lowest BCUT2D eigenvalue weighted by molar-refractivity contribution is -0.264. The number of piperidine rings is 1. The zero-order chi connectivity index (χ0) is 58.1. The zero-order valence-electron chi connectivity index (χ0n) is 49.6. The number of benzene rings is 1. The number of aryl methyl sites for hydroxylation is 2. The maximum atomic E-state index is 14.7. The van der Waals surface area contributed by atoms with Gasteiger partial charge in [-0.2, -0.15) is 0 Å². The van der Waals surface area contributed by atoms with Gasteiger partial charge in [-0.15, -0.1) is 12.3 Å². The number of rotatable bonds is 12. The summed E-state index contributed by atoms with van der Waals surface area (Å²) in [6.45, 7) is 17.6. The molecule has 2 bridgehead atoms. The number of amides is 1. The molecule has 4 aliphatic rings. The van der Waals surface area contributed by atoms with Crippen LogP contribution in [0.4, 0.5) is 0 Å². The van der Waals surface area contributed by atoms with E-state index in [-0.39, 0.29) is 66.8 Å². The SMILES string of the molecule is C#CCCCCO[C@@H]1CC[C@@H](C[C@@H](C)[C@@H]2CC(=O)[C@H](C)/C=C(\C)[C@@H](O)[C@@H](OC)C(=O)[C@H](C)C[C@H](C)/C=C/C=C/C=C(\C)C(c3c(C)cc(C)cc3OC)C[C@@H]3CC[C@@H](C)[C@@](O)(O3)C(=O)C(=O)N3CCCC[C@H]3C(=O)O2)C[C@H]1OC. The number of ether oxygens (including phenoxy) is 6. The first-order valence-electron chi connectivity index (χ1n) is 29.2. The van der Waals surface area contributed by atoms with Crippen LogP contribution in [-0.4, -0.2) is 127 Å². The molecular formula is C65H95NO13. The van der Waals surface area contributed by atoms with Gasteiger partial charge in [-0.3, -0.25) is 19.2 Å². The normalized spacial score (nSPS) is 35.2. The van der Waals surface area contributed by atoms with E-state index in [2.05, 4.69) is 12.0 Å². The molecule has 3 fully saturated rings. The summed E-state index contributed by atoms with van der Waals surface area (Å²) in [4.78, 5) is 73.7. The van der Waals surface area contributed by atoms with Gasteiger partial charge >= 0.3 is 5.97 Å². The molecule has 79 heavy (non-hydrogen) atoms. The maximum absolute atomic E-state index is 14.7. The van der Waals surface area contributed by atoms with Crippen molar-refractivity contribution in [2.45, 2.75) is 213 Å². The Bertz CT molecular complexity index is 2400. The number of fused-ring (bicyclic) bond motifs is 3. The molecule has 438 valence electrons. The number of methoxy groups -OCH3 is 3. The Morgan fingerprint density at radius 3 is 2.30 bits per heavy atom. The fraction of sp³-hybridized carbons (Fsp3) is 0.677. The Morgan fingerprint density at radius 2 is 1.61 bits per heavy atom. The second-order valence-corrected chi connectivity index (χ2v) is 23.6. The van der Waals surface area contributed by atoms with E-state index in [1.807, 2.05) is 78.0 Å². The number of hydrogen-bond donors (Lipinski definition) is 2. The van der Waals surface area contributed by atoms with Crippen molar-refractivity contribution < 1.29 is 62.6 Å². The molecule has 1 unspecified atom stereocenters. The predicted molar refractivity (Wildman–Crippen MR) is 306 cm³/mol. The van der Waals surface area contributed by atoms with Crippen LogP contribution >= 0.6 is 0 Å². The maximum Gasteiger partial charge on any atom is 0.329 e. The van der Waals surface area contributed by atoms with Crippen molar-refractivity contribution in [3.8, 4) is 18.1 Å². The highest BCUT2D eigenvalue weighted by Gasteiger charge is 2.53. The first kappa shape index (κ1) is 65.1. The Hall–Kier alpha value is -4.75. The molecule has 3 heterocycles. The number of aliphatic hydroxyl groups is 2. The highest BCUT2D eigenvalue weighted by atomic mass is 16.6. The van der Waals surface area contributed by atoms with E-state index in [9.17, 15) is 34.2 Å². The van der Waals surface area contributed by atoms with Gasteiger partial charge in [0.05, 0.1) is 25.4 Å². The van der Waals surface area contributed by atoms with E-state index >= 15 is 0 Å². The molecule has 1 aliphatic carbocycles. The predicted octanol–water partition coefficient (Wildman–Crippen LogP) is 10.4. The minimum absolute atomic E-state index is 0.00420. The summed E-state index contributed by atoms with van der Waals surface area (Å²) in [6.07, 6.45) is 21.0. The number of carbonyl (C=O) groups excluding carboxylic acids is 5. The minimum atomic E-state index is -2.47. The van der Waals surface area contributed by atoms with Crippen LogP contribution in [-0.2, 0) is 47.7 Å². The van der Waals surface area contributed by atoms with E-state index < -0.39 is 71.7 Å². The highest BCUT2D eigenvalue weighted by Crippen LogP contribution is 2.43. The number of cyclic esters (lactones) is 1. The number of carbonyl (C=O) groups is 5. The highest BCUT2D eigenvalue weighted by molar-refractivity contribution is 6.39. The van der Waals surface area contributed by atoms with Crippen LogP contribution in [0, 0.1) is 61.7 Å². The van der Waals surface area contributed by atoms with Gasteiger partial charge in [-0.25, -0.2) is 4.79 Å². The third kappa shape index (κ3) is 17.4. The molecule has 5 rings (SSSR count). The number of allylic oxidation sites excluding steroid dienone is 7. The Labute approximate surface area is 472 Å². The zero-order valence-corrected chi connectivity index (χ0v) is 49.6. The van der Waals surface area contributed by atoms with Crippen molar-refractivity contribution in [2.75, 3.05) is 34.5 Å². The molecule has 2 saturated heterocycles. The Morgan fingerprint density at radius 1 is 0.861 bits per heavy atom. The summed E-state index contributed by atoms with van der Waals surface area (Å²) in [6, 6.07) is 2.93. The van der Waals surface area contributed by atoms with Gasteiger partial charge in [0.2, 0.25) is 5.79 Å². The summed E-state index contributed by atoms with van der Waals surface area (Å²) >= 11 is 0. The van der Waals surface area contributed by atoms with E-state index in [4.69, 9.17) is 34.8 Å². The molecule has 1 aromatic carbocycles. The second kappa shape index (κ2) is 30.9. The average molecular weight is 1100 g/mol. The number of Topliss-reactive ketones (excluding diaryl/α,β-unsaturated/α-hetero) is 3. The Balaban J connectivity index is 1.51. The van der Waals surface area contributed by atoms with Crippen LogP contribution in [0.25, 0.3) is 0 Å². The summed E-state index contributed by atoms with van der Waals surface area (Å²) in [5.74, 6) is -4.89. The number of hydrogen-bond acceptors (Lipinski definition) is 13. The molecule has 3 aliphatic heterocycles. The van der Waals surface area contributed by atoms with Gasteiger partial charge in [-0.05, 0) is 152 Å². The molecular weight excluding hydrogens is 1000 g/mol. The Kier molecular flexibility index (Phi) is 25.4. The van der Waals surface area contributed by atoms with Crippen LogP contribution in [0.3, 0.4) is 0 Å². The van der Waals surface area contributed by atoms with Gasteiger partial charge < -0.3 is 43.5 Å². The summed E-state index contributed by atoms with van der Waals surface area (Å²) < 4.78 is 36.8. The van der Waals surface area contributed by atoms with E-state index in [0.717, 1.165) is 47.9 Å². The van der Waals surface area contributed by atoms with E-state index in [1.165, 1.54) is 12.0 Å². The fourth-order valence-electron chi connectivity index (χ4n) is 12.5. The molecule has 2 N–H and O–H groups in total. The minimum Gasteiger partial charge on any atom is -0.496 e. The topological polar surface area (TPSA) is 184 Å². The van der Waals surface area contributed by atoms with Crippen LogP contribution in [0.2, 0.25) is 0 Å². The second-order valence-electron chi connectivity index (χ2n) is 23.6. The molecule has 15 atom stereocenters. The van der Waals surface area contributed by atoms with Crippen LogP contribution in [0.15, 0.2) is 59.7 Å². The molecule has 1 amide bonds. The quantitative estimate of drug-likeness (QED) is 0.0663. The molecule has 1 saturated carbocycles. The fourth-order valence-corrected chi connectivity index (χ4v) is 12.5. The lowest BCUT2D eigenvalue weighted by Gasteiger charge is -2.43. The van der Waals surface area contributed by atoms with Crippen molar-refractivity contribution in [3.05, 3.63) is 76.4 Å². The van der Waals surface area contributed by atoms with Crippen LogP contribution in [0.1, 0.15) is 167 Å². The first-order chi connectivity index (χ1) is 37.6. The molecule has 14 nitrogen and oxygen atoms in total. The van der Waals surface area contributed by atoms with Gasteiger partial charge in [0.1, 0.15) is 35.9 Å². The summed E-state index contributed by atoms with van der Waals surface area (Å²) in [5, 5.41) is 24.0. The molecule has 0 radical (unpaired) electrons. The van der Waals surface area contributed by atoms with Crippen molar-refractivity contribution >= 4 is 29.2 Å². The van der Waals surface area contributed by atoms with E-state index in [1.54, 1.807) is 41.1 Å². The number of esters is 1. The van der Waals surface area contributed by atoms with Crippen LogP contribution < -0.4 is 4.74 Å². The number of nitrogens with zero attached hydrogens (tertiary/aromatic N) is 1. The van der Waals surface area contributed by atoms with Gasteiger partial charge in [0, 0.05) is 69.4 Å². The average Bonchev–Trinajstić information content (AvgIpc) is 3.46. The molecule has 1 aromatic rings. The number of terminal acetylenes is 1. The first-order valence-corrected chi connectivity index (χ1v) is 29.2. The third-order valence-corrected chi connectivity index (χ3v) is 17.3. The number of unbranched alkanes of at least 4 members (excludes halogenated alkanes) is 2. The number of ketones is 3. The van der Waals surface area contributed by atoms with Crippen molar-refractivity contribution in [1.82, 2.24) is 4.90 Å². The third-order valence-electron chi connectivity index (χ3n) is 17.3. The largest absolute Gasteiger partial charge is 0.496 e. The van der Waals surface area contributed by atoms with Gasteiger partial charge in [0.25, 0.3) is 11.7 Å². The monoisotopic (exact) mass is 1100 g/mol. The smallest absolute Gasteiger partial charge is 0.329 e. The van der Waals surface area contributed by atoms with Crippen molar-refractivity contribution in [1.29, 1.82) is 0 Å². The lowest BCUT2D eigenvalue weighted by Crippen LogP contribution is -2.60. The lowest BCUT2D eigenvalue weighted by atomic mass is 9.78. The van der Waals surface area contributed by atoms with Gasteiger partial charge in [-0.1, -0.05) is 82.7 Å². The summed E-state index contributed by atoms with van der Waals surface area (Å²) in [5.41, 5.74) is 4.36. The molecule has 0 spiro atoms.